The first-order chi connectivity index (χ1) is 12.8. The monoisotopic (exact) mass is 346 g/mol. The van der Waals surface area contributed by atoms with Gasteiger partial charge in [0.05, 0.1) is 12.5 Å². The zero-order chi connectivity index (χ0) is 17.8. The lowest BCUT2D eigenvalue weighted by Crippen LogP contribution is -2.29. The summed E-state index contributed by atoms with van der Waals surface area (Å²) in [5.74, 6) is 0.819. The third-order valence-electron chi connectivity index (χ3n) is 5.05. The highest BCUT2D eigenvalue weighted by molar-refractivity contribution is 5.84. The molecule has 4 rings (SSSR count). The van der Waals surface area contributed by atoms with E-state index in [0.29, 0.717) is 6.54 Å². The fourth-order valence-electron chi connectivity index (χ4n) is 3.62. The molecule has 1 aliphatic rings. The Morgan fingerprint density at radius 2 is 1.92 bits per heavy atom. The minimum absolute atomic E-state index is 0.0492. The molecule has 132 valence electrons. The van der Waals surface area contributed by atoms with Crippen LogP contribution < -0.4 is 5.32 Å². The van der Waals surface area contributed by atoms with Crippen molar-refractivity contribution in [1.82, 2.24) is 20.1 Å². The van der Waals surface area contributed by atoms with Crippen molar-refractivity contribution in [2.75, 3.05) is 0 Å². The number of fused-ring (bicyclic) bond motifs is 1. The van der Waals surface area contributed by atoms with Crippen LogP contribution in [0, 0.1) is 0 Å². The van der Waals surface area contributed by atoms with Crippen molar-refractivity contribution in [1.29, 1.82) is 0 Å². The normalized spacial score (nSPS) is 15.6. The first-order valence-corrected chi connectivity index (χ1v) is 9.07. The molecule has 0 aliphatic heterocycles. The summed E-state index contributed by atoms with van der Waals surface area (Å²) < 4.78 is 2.01. The first kappa shape index (κ1) is 16.5. The van der Waals surface area contributed by atoms with Crippen molar-refractivity contribution in [3.8, 4) is 0 Å². The van der Waals surface area contributed by atoms with Crippen molar-refractivity contribution in [2.24, 2.45) is 0 Å². The molecular formula is C21H22N4O. The van der Waals surface area contributed by atoms with Crippen LogP contribution in [0.25, 0.3) is 0 Å². The molecule has 1 atom stereocenters. The Balaban J connectivity index is 1.36. The van der Waals surface area contributed by atoms with Gasteiger partial charge in [-0.05, 0) is 36.0 Å². The number of aromatic nitrogens is 3. The molecule has 1 aromatic heterocycles. The molecule has 0 saturated carbocycles. The highest BCUT2D eigenvalue weighted by Gasteiger charge is 2.28. The van der Waals surface area contributed by atoms with Gasteiger partial charge in [-0.3, -0.25) is 4.79 Å². The molecule has 2 aromatic carbocycles. The lowest BCUT2D eigenvalue weighted by Gasteiger charge is -2.13. The van der Waals surface area contributed by atoms with Gasteiger partial charge >= 0.3 is 0 Å². The van der Waals surface area contributed by atoms with E-state index in [0.717, 1.165) is 37.2 Å². The fourth-order valence-corrected chi connectivity index (χ4v) is 3.62. The number of aryl methyl sites for hydroxylation is 3. The van der Waals surface area contributed by atoms with Crippen LogP contribution in [-0.4, -0.2) is 20.7 Å². The van der Waals surface area contributed by atoms with Crippen molar-refractivity contribution in [3.63, 3.8) is 0 Å². The average Bonchev–Trinajstić information content (AvgIpc) is 3.32. The van der Waals surface area contributed by atoms with E-state index in [-0.39, 0.29) is 11.8 Å². The molecule has 3 aromatic rings. The third-order valence-corrected chi connectivity index (χ3v) is 5.05. The summed E-state index contributed by atoms with van der Waals surface area (Å²) in [6.45, 7) is 1.21. The molecule has 1 amide bonds. The summed E-state index contributed by atoms with van der Waals surface area (Å²) in [4.78, 5) is 12.6. The molecule has 0 spiro atoms. The molecule has 0 saturated heterocycles. The van der Waals surface area contributed by atoms with Gasteiger partial charge in [-0.15, -0.1) is 10.2 Å². The number of nitrogens with zero attached hydrogens (tertiary/aromatic N) is 3. The second kappa shape index (κ2) is 7.52. The molecule has 0 bridgehead atoms. The van der Waals surface area contributed by atoms with Crippen LogP contribution in [0.2, 0.25) is 0 Å². The van der Waals surface area contributed by atoms with Crippen molar-refractivity contribution in [2.45, 2.75) is 38.3 Å². The van der Waals surface area contributed by atoms with Gasteiger partial charge in [-0.1, -0.05) is 54.6 Å². The predicted molar refractivity (Wildman–Crippen MR) is 99.5 cm³/mol. The minimum atomic E-state index is -0.0492. The van der Waals surface area contributed by atoms with Crippen molar-refractivity contribution in [3.05, 3.63) is 83.4 Å². The van der Waals surface area contributed by atoms with Crippen LogP contribution in [0.1, 0.15) is 34.9 Å². The lowest BCUT2D eigenvalue weighted by atomic mass is 10.0. The van der Waals surface area contributed by atoms with E-state index < -0.39 is 0 Å². The second-order valence-corrected chi connectivity index (χ2v) is 6.68. The van der Waals surface area contributed by atoms with Gasteiger partial charge < -0.3 is 9.88 Å². The molecule has 0 fully saturated rings. The van der Waals surface area contributed by atoms with Crippen LogP contribution >= 0.6 is 0 Å². The number of amides is 1. The van der Waals surface area contributed by atoms with Gasteiger partial charge in [0.25, 0.3) is 0 Å². The van der Waals surface area contributed by atoms with Crippen LogP contribution in [0.15, 0.2) is 60.9 Å². The molecule has 1 aliphatic carbocycles. The summed E-state index contributed by atoms with van der Waals surface area (Å²) in [5, 5.41) is 11.2. The average molecular weight is 346 g/mol. The largest absolute Gasteiger partial charge is 0.348 e. The maximum absolute atomic E-state index is 12.6. The Kier molecular flexibility index (Phi) is 4.78. The Labute approximate surface area is 153 Å². The quantitative estimate of drug-likeness (QED) is 0.747. The number of carbonyl (C=O) groups excluding carboxylic acids is 1. The van der Waals surface area contributed by atoms with Crippen LogP contribution in [0.4, 0.5) is 0 Å². The standard InChI is InChI=1S/C21H22N4O/c26-21(19-11-10-17-8-4-5-9-18(17)19)22-14-20-24-23-15-25(20)13-12-16-6-2-1-3-7-16/h1-9,15,19H,10-14H2,(H,22,26). The van der Waals surface area contributed by atoms with Gasteiger partial charge in [0.1, 0.15) is 6.33 Å². The summed E-state index contributed by atoms with van der Waals surface area (Å²) in [6.07, 6.45) is 4.50. The van der Waals surface area contributed by atoms with E-state index in [1.165, 1.54) is 11.1 Å². The van der Waals surface area contributed by atoms with Crippen molar-refractivity contribution >= 4 is 5.91 Å². The lowest BCUT2D eigenvalue weighted by molar-refractivity contribution is -0.122. The molecule has 5 heteroatoms. The van der Waals surface area contributed by atoms with Crippen molar-refractivity contribution < 1.29 is 4.79 Å². The van der Waals surface area contributed by atoms with E-state index in [1.807, 2.05) is 34.9 Å². The van der Waals surface area contributed by atoms with Gasteiger partial charge in [-0.25, -0.2) is 0 Å². The number of nitrogens with one attached hydrogen (secondary N) is 1. The van der Waals surface area contributed by atoms with Gasteiger partial charge in [0, 0.05) is 6.54 Å². The molecular weight excluding hydrogens is 324 g/mol. The van der Waals surface area contributed by atoms with E-state index in [4.69, 9.17) is 0 Å². The fraction of sp³-hybridized carbons (Fsp3) is 0.286. The minimum Gasteiger partial charge on any atom is -0.348 e. The summed E-state index contributed by atoms with van der Waals surface area (Å²) in [5.41, 5.74) is 3.73. The molecule has 5 nitrogen and oxygen atoms in total. The molecule has 1 unspecified atom stereocenters. The highest BCUT2D eigenvalue weighted by Crippen LogP contribution is 2.32. The van der Waals surface area contributed by atoms with Crippen LogP contribution in [-0.2, 0) is 30.7 Å². The van der Waals surface area contributed by atoms with E-state index >= 15 is 0 Å². The Morgan fingerprint density at radius 1 is 1.12 bits per heavy atom. The SMILES string of the molecule is O=C(NCc1nncn1CCc1ccccc1)C1CCc2ccccc21. The van der Waals surface area contributed by atoms with E-state index in [1.54, 1.807) is 6.33 Å². The Hall–Kier alpha value is -2.95. The Morgan fingerprint density at radius 3 is 2.81 bits per heavy atom. The predicted octanol–water partition coefficient (Wildman–Crippen LogP) is 2.87. The van der Waals surface area contributed by atoms with E-state index in [9.17, 15) is 4.79 Å². The zero-order valence-electron chi connectivity index (χ0n) is 14.6. The number of hydrogen-bond donors (Lipinski definition) is 1. The maximum Gasteiger partial charge on any atom is 0.227 e. The second-order valence-electron chi connectivity index (χ2n) is 6.68. The van der Waals surface area contributed by atoms with Gasteiger partial charge in [-0.2, -0.15) is 0 Å². The molecule has 1 heterocycles. The maximum atomic E-state index is 12.6. The molecule has 26 heavy (non-hydrogen) atoms. The number of carbonyl (C=O) groups is 1. The number of hydrogen-bond acceptors (Lipinski definition) is 3. The first-order valence-electron chi connectivity index (χ1n) is 9.07. The molecule has 1 N–H and O–H groups in total. The van der Waals surface area contributed by atoms with Crippen LogP contribution in [0.3, 0.4) is 0 Å². The Bertz CT molecular complexity index is 888. The third kappa shape index (κ3) is 3.52. The van der Waals surface area contributed by atoms with E-state index in [2.05, 4.69) is 39.8 Å². The zero-order valence-corrected chi connectivity index (χ0v) is 14.6. The number of benzene rings is 2. The topological polar surface area (TPSA) is 59.8 Å². The molecule has 0 radical (unpaired) electrons. The summed E-state index contributed by atoms with van der Waals surface area (Å²) >= 11 is 0. The van der Waals surface area contributed by atoms with Crippen LogP contribution in [0.5, 0.6) is 0 Å². The summed E-state index contributed by atoms with van der Waals surface area (Å²) in [7, 11) is 0. The summed E-state index contributed by atoms with van der Waals surface area (Å²) in [6, 6.07) is 18.6. The van der Waals surface area contributed by atoms with Gasteiger partial charge in [0.15, 0.2) is 5.82 Å². The highest BCUT2D eigenvalue weighted by atomic mass is 16.1. The smallest absolute Gasteiger partial charge is 0.227 e. The number of rotatable bonds is 6. The van der Waals surface area contributed by atoms with Gasteiger partial charge in [0.2, 0.25) is 5.91 Å².